The Morgan fingerprint density at radius 3 is 2.80 bits per heavy atom. The number of nitrogens with zero attached hydrogens (tertiary/aromatic N) is 4. The lowest BCUT2D eigenvalue weighted by molar-refractivity contribution is -0.00115. The summed E-state index contributed by atoms with van der Waals surface area (Å²) in [4.78, 5) is 24.3. The Kier molecular flexibility index (Phi) is 4.70. The van der Waals surface area contributed by atoms with E-state index in [1.165, 1.54) is 4.90 Å². The second-order valence-electron chi connectivity index (χ2n) is 7.86. The molecule has 1 amide bonds. The molecule has 2 aliphatic rings. The van der Waals surface area contributed by atoms with Crippen LogP contribution in [0.3, 0.4) is 0 Å². The van der Waals surface area contributed by atoms with E-state index in [4.69, 9.17) is 28.2 Å². The second-order valence-corrected chi connectivity index (χ2v) is 8.65. The van der Waals surface area contributed by atoms with Gasteiger partial charge in [-0.25, -0.2) is 4.98 Å². The highest BCUT2D eigenvalue weighted by Gasteiger charge is 2.40. The average molecular weight is 449 g/mol. The van der Waals surface area contributed by atoms with Crippen molar-refractivity contribution in [3.05, 3.63) is 45.5 Å². The second kappa shape index (κ2) is 7.16. The number of hydrogen-bond donors (Lipinski definition) is 3. The summed E-state index contributed by atoms with van der Waals surface area (Å²) >= 11 is 12.9. The van der Waals surface area contributed by atoms with Crippen LogP contribution in [0.25, 0.3) is 10.9 Å². The monoisotopic (exact) mass is 448 g/mol. The van der Waals surface area contributed by atoms with Gasteiger partial charge in [-0.15, -0.1) is 0 Å². The summed E-state index contributed by atoms with van der Waals surface area (Å²) in [6, 6.07) is 5.47. The summed E-state index contributed by atoms with van der Waals surface area (Å²) in [7, 11) is 3.59. The summed E-state index contributed by atoms with van der Waals surface area (Å²) in [6.07, 6.45) is -0.188. The molecule has 0 radical (unpaired) electrons. The number of halogens is 2. The number of H-pyrrole nitrogens is 1. The molecule has 2 aliphatic heterocycles. The lowest BCUT2D eigenvalue weighted by atomic mass is 10.1. The van der Waals surface area contributed by atoms with Gasteiger partial charge in [0.2, 0.25) is 6.35 Å². The highest BCUT2D eigenvalue weighted by molar-refractivity contribution is 6.42. The first-order chi connectivity index (χ1) is 14.4. The number of aromatic nitrogens is 3. The smallest absolute Gasteiger partial charge is 0.278 e. The minimum absolute atomic E-state index is 0.110. The number of anilines is 1. The SMILES string of the molecule is CN1c2nc(C3CCNC3)n(C)c2C(=O)N(Cc2[nH]c3cccc(Cl)c3c2Cl)C1O. The van der Waals surface area contributed by atoms with Crippen molar-refractivity contribution in [2.45, 2.75) is 25.2 Å². The van der Waals surface area contributed by atoms with Gasteiger partial charge in [0, 0.05) is 37.5 Å². The maximum atomic E-state index is 13.4. The number of amides is 1. The van der Waals surface area contributed by atoms with Crippen LogP contribution in [0, 0.1) is 0 Å². The first-order valence-electron chi connectivity index (χ1n) is 9.82. The predicted octanol–water partition coefficient (Wildman–Crippen LogP) is 2.65. The largest absolute Gasteiger partial charge is 0.356 e. The molecule has 8 nitrogen and oxygen atoms in total. The van der Waals surface area contributed by atoms with Gasteiger partial charge < -0.3 is 24.9 Å². The van der Waals surface area contributed by atoms with Crippen LogP contribution in [0.1, 0.15) is 34.3 Å². The Hall–Kier alpha value is -2.26. The molecular formula is C20H22Cl2N6O2. The van der Waals surface area contributed by atoms with Gasteiger partial charge in [0.15, 0.2) is 11.5 Å². The van der Waals surface area contributed by atoms with Gasteiger partial charge in [-0.05, 0) is 25.1 Å². The topological polar surface area (TPSA) is 89.4 Å². The van der Waals surface area contributed by atoms with Crippen LogP contribution in [0.4, 0.5) is 5.82 Å². The van der Waals surface area contributed by atoms with Gasteiger partial charge in [-0.2, -0.15) is 0 Å². The normalized spacial score (nSPS) is 21.7. The number of aliphatic hydroxyl groups is 1. The van der Waals surface area contributed by atoms with E-state index >= 15 is 0 Å². The van der Waals surface area contributed by atoms with Crippen LogP contribution in [-0.4, -0.2) is 56.9 Å². The third-order valence-electron chi connectivity index (χ3n) is 6.07. The number of fused-ring (bicyclic) bond motifs is 2. The number of aromatic amines is 1. The first kappa shape index (κ1) is 19.7. The minimum Gasteiger partial charge on any atom is -0.356 e. The van der Waals surface area contributed by atoms with Crippen LogP contribution in [0.5, 0.6) is 0 Å². The molecule has 2 atom stereocenters. The molecule has 30 heavy (non-hydrogen) atoms. The molecule has 2 aromatic heterocycles. The summed E-state index contributed by atoms with van der Waals surface area (Å²) in [5, 5.41) is 15.9. The molecule has 10 heteroatoms. The van der Waals surface area contributed by atoms with E-state index in [0.29, 0.717) is 32.6 Å². The van der Waals surface area contributed by atoms with Gasteiger partial charge in [0.25, 0.3) is 5.91 Å². The van der Waals surface area contributed by atoms with Crippen LogP contribution in [0.2, 0.25) is 10.0 Å². The first-order valence-corrected chi connectivity index (χ1v) is 10.6. The fourth-order valence-corrected chi connectivity index (χ4v) is 5.07. The Bertz CT molecular complexity index is 1150. The van der Waals surface area contributed by atoms with E-state index in [0.717, 1.165) is 30.9 Å². The van der Waals surface area contributed by atoms with Crippen molar-refractivity contribution in [3.63, 3.8) is 0 Å². The molecule has 4 heterocycles. The predicted molar refractivity (Wildman–Crippen MR) is 116 cm³/mol. The summed E-state index contributed by atoms with van der Waals surface area (Å²) in [6.45, 7) is 1.88. The molecule has 0 saturated carbocycles. The number of nitrogens with one attached hydrogen (secondary N) is 2. The number of carbonyl (C=O) groups excluding carboxylic acids is 1. The van der Waals surface area contributed by atoms with Crippen molar-refractivity contribution in [2.75, 3.05) is 25.0 Å². The maximum absolute atomic E-state index is 13.4. The van der Waals surface area contributed by atoms with Crippen molar-refractivity contribution in [1.29, 1.82) is 0 Å². The van der Waals surface area contributed by atoms with Gasteiger partial charge in [0.05, 0.1) is 22.3 Å². The van der Waals surface area contributed by atoms with Crippen LogP contribution >= 0.6 is 23.2 Å². The molecule has 3 N–H and O–H groups in total. The molecule has 0 bridgehead atoms. The van der Waals surface area contributed by atoms with Crippen molar-refractivity contribution in [3.8, 4) is 0 Å². The van der Waals surface area contributed by atoms with E-state index in [1.807, 2.05) is 23.7 Å². The van der Waals surface area contributed by atoms with Gasteiger partial charge in [0.1, 0.15) is 5.82 Å². The molecule has 3 aromatic rings. The lowest BCUT2D eigenvalue weighted by Gasteiger charge is -2.38. The molecule has 1 fully saturated rings. The highest BCUT2D eigenvalue weighted by atomic mass is 35.5. The standard InChI is InChI=1S/C20H22Cl2N6O2/c1-26-16-18(25-17(26)10-6-7-23-8-10)27(2)20(30)28(19(16)29)9-13-15(22)14-11(21)4-3-5-12(14)24-13/h3-5,10,20,23-24,30H,6-9H2,1-2H3. The Morgan fingerprint density at radius 2 is 2.10 bits per heavy atom. The van der Waals surface area contributed by atoms with Crippen molar-refractivity contribution in [1.82, 2.24) is 24.8 Å². The molecule has 0 aliphatic carbocycles. The van der Waals surface area contributed by atoms with E-state index in [2.05, 4.69) is 10.3 Å². The molecule has 1 aromatic carbocycles. The quantitative estimate of drug-likeness (QED) is 0.572. The van der Waals surface area contributed by atoms with Crippen LogP contribution in [-0.2, 0) is 13.6 Å². The number of aliphatic hydroxyl groups excluding tert-OH is 1. The Morgan fingerprint density at radius 1 is 1.30 bits per heavy atom. The molecule has 0 spiro atoms. The zero-order valence-electron chi connectivity index (χ0n) is 16.6. The lowest BCUT2D eigenvalue weighted by Crippen LogP contribution is -2.53. The van der Waals surface area contributed by atoms with Crippen molar-refractivity contribution in [2.24, 2.45) is 7.05 Å². The molecule has 158 valence electrons. The van der Waals surface area contributed by atoms with Gasteiger partial charge in [-0.1, -0.05) is 29.3 Å². The molecule has 1 saturated heterocycles. The molecule has 2 unspecified atom stereocenters. The minimum atomic E-state index is -1.16. The zero-order valence-corrected chi connectivity index (χ0v) is 18.1. The third-order valence-corrected chi connectivity index (χ3v) is 6.80. The summed E-state index contributed by atoms with van der Waals surface area (Å²) in [5.74, 6) is 1.31. The van der Waals surface area contributed by atoms with E-state index in [-0.39, 0.29) is 18.4 Å². The number of rotatable bonds is 3. The van der Waals surface area contributed by atoms with E-state index in [1.54, 1.807) is 18.0 Å². The fraction of sp³-hybridized carbons (Fsp3) is 0.400. The maximum Gasteiger partial charge on any atom is 0.278 e. The van der Waals surface area contributed by atoms with Crippen LogP contribution < -0.4 is 10.2 Å². The summed E-state index contributed by atoms with van der Waals surface area (Å²) in [5.41, 5.74) is 1.87. The van der Waals surface area contributed by atoms with Crippen LogP contribution in [0.15, 0.2) is 18.2 Å². The molecule has 5 rings (SSSR count). The fourth-order valence-electron chi connectivity index (χ4n) is 4.44. The third kappa shape index (κ3) is 2.82. The Labute approximate surface area is 183 Å². The average Bonchev–Trinajstić information content (AvgIpc) is 3.43. The zero-order chi connectivity index (χ0) is 21.2. The highest BCUT2D eigenvalue weighted by Crippen LogP contribution is 2.37. The van der Waals surface area contributed by atoms with E-state index in [9.17, 15) is 9.90 Å². The van der Waals surface area contributed by atoms with Gasteiger partial charge in [-0.3, -0.25) is 9.69 Å². The number of carbonyl (C=O) groups is 1. The number of hydrogen-bond acceptors (Lipinski definition) is 5. The van der Waals surface area contributed by atoms with Crippen molar-refractivity contribution < 1.29 is 9.90 Å². The summed E-state index contributed by atoms with van der Waals surface area (Å²) < 4.78 is 1.86. The Balaban J connectivity index is 1.53. The van der Waals surface area contributed by atoms with Crippen molar-refractivity contribution >= 4 is 45.8 Å². The number of imidazole rings is 1. The number of benzene rings is 1. The van der Waals surface area contributed by atoms with Gasteiger partial charge >= 0.3 is 0 Å². The molecular weight excluding hydrogens is 427 g/mol. The van der Waals surface area contributed by atoms with E-state index < -0.39 is 6.35 Å².